The molecule has 0 saturated heterocycles. The zero-order valence-corrected chi connectivity index (χ0v) is 13.4. The monoisotopic (exact) mass is 284 g/mol. The first kappa shape index (κ1) is 16.6. The molecule has 0 amide bonds. The number of methoxy groups -OCH3 is 1. The van der Waals surface area contributed by atoms with Crippen molar-refractivity contribution in [2.75, 3.05) is 20.3 Å². The molecule has 0 spiro atoms. The fraction of sp³-hybridized carbons (Fsp3) is 0.800. The number of hydrogen-bond donors (Lipinski definition) is 1. The minimum Gasteiger partial charge on any atom is -0.383 e. The van der Waals surface area contributed by atoms with Crippen LogP contribution in [0.3, 0.4) is 0 Å². The molecule has 1 atom stereocenters. The molecule has 3 nitrogen and oxygen atoms in total. The lowest BCUT2D eigenvalue weighted by atomic mass is 9.94. The molecule has 19 heavy (non-hydrogen) atoms. The second kappa shape index (κ2) is 9.45. The van der Waals surface area contributed by atoms with Crippen molar-refractivity contribution in [3.8, 4) is 0 Å². The minimum atomic E-state index is -0.00108. The highest BCUT2D eigenvalue weighted by Gasteiger charge is 2.27. The van der Waals surface area contributed by atoms with Crippen molar-refractivity contribution in [2.45, 2.75) is 57.9 Å². The van der Waals surface area contributed by atoms with Crippen LogP contribution in [0, 0.1) is 0 Å². The van der Waals surface area contributed by atoms with Gasteiger partial charge in [0.2, 0.25) is 0 Å². The highest BCUT2D eigenvalue weighted by molar-refractivity contribution is 7.09. The smallest absolute Gasteiger partial charge is 0.112 e. The average Bonchev–Trinajstić information content (AvgIpc) is 2.93. The van der Waals surface area contributed by atoms with E-state index in [1.54, 1.807) is 18.4 Å². The second-order valence-corrected chi connectivity index (χ2v) is 6.15. The summed E-state index contributed by atoms with van der Waals surface area (Å²) in [6.07, 6.45) is 9.63. The van der Waals surface area contributed by atoms with Crippen molar-refractivity contribution in [3.63, 3.8) is 0 Å². The maximum Gasteiger partial charge on any atom is 0.112 e. The average molecular weight is 284 g/mol. The third-order valence-corrected chi connectivity index (χ3v) is 4.54. The number of unbranched alkanes of at least 4 members (excludes halogenated alkanes) is 4. The largest absolute Gasteiger partial charge is 0.383 e. The molecule has 1 heterocycles. The number of hydrogen-bond acceptors (Lipinski definition) is 4. The Labute approximate surface area is 121 Å². The number of ether oxygens (including phenoxy) is 1. The molecular weight excluding hydrogens is 256 g/mol. The van der Waals surface area contributed by atoms with Gasteiger partial charge < -0.3 is 10.1 Å². The maximum atomic E-state index is 5.13. The summed E-state index contributed by atoms with van der Waals surface area (Å²) >= 11 is 1.74. The highest BCUT2D eigenvalue weighted by Crippen LogP contribution is 2.28. The van der Waals surface area contributed by atoms with Crippen molar-refractivity contribution in [1.29, 1.82) is 0 Å². The topological polar surface area (TPSA) is 34.1 Å². The van der Waals surface area contributed by atoms with Crippen LogP contribution < -0.4 is 5.32 Å². The van der Waals surface area contributed by atoms with Crippen molar-refractivity contribution in [1.82, 2.24) is 10.3 Å². The Morgan fingerprint density at radius 3 is 2.74 bits per heavy atom. The van der Waals surface area contributed by atoms with Gasteiger partial charge in [0.25, 0.3) is 0 Å². The predicted octanol–water partition coefficient (Wildman–Crippen LogP) is 3.95. The van der Waals surface area contributed by atoms with Crippen LogP contribution in [0.2, 0.25) is 0 Å². The minimum absolute atomic E-state index is 0.00108. The van der Waals surface area contributed by atoms with Gasteiger partial charge in [-0.3, -0.25) is 0 Å². The van der Waals surface area contributed by atoms with Crippen LogP contribution in [0.4, 0.5) is 0 Å². The van der Waals surface area contributed by atoms with Gasteiger partial charge in [-0.2, -0.15) is 0 Å². The molecule has 0 saturated carbocycles. The zero-order chi connectivity index (χ0) is 14.0. The van der Waals surface area contributed by atoms with E-state index in [-0.39, 0.29) is 5.54 Å². The van der Waals surface area contributed by atoms with E-state index >= 15 is 0 Å². The standard InChI is InChI=1S/C15H28N2OS/c1-4-5-6-7-8-9-15(2,17-10-12-18-3)14-16-11-13-19-14/h11,13,17H,4-10,12H2,1-3H3. The quantitative estimate of drug-likeness (QED) is 0.625. The van der Waals surface area contributed by atoms with E-state index in [1.165, 1.54) is 37.1 Å². The Kier molecular flexibility index (Phi) is 8.26. The molecule has 1 aromatic rings. The van der Waals surface area contributed by atoms with Gasteiger partial charge in [-0.15, -0.1) is 11.3 Å². The van der Waals surface area contributed by atoms with Crippen molar-refractivity contribution in [3.05, 3.63) is 16.6 Å². The normalized spacial score (nSPS) is 14.5. The van der Waals surface area contributed by atoms with Crippen LogP contribution in [-0.4, -0.2) is 25.2 Å². The van der Waals surface area contributed by atoms with Crippen LogP contribution in [0.1, 0.15) is 57.4 Å². The Morgan fingerprint density at radius 2 is 2.11 bits per heavy atom. The van der Waals surface area contributed by atoms with Gasteiger partial charge in [-0.1, -0.05) is 39.0 Å². The summed E-state index contributed by atoms with van der Waals surface area (Å²) in [6, 6.07) is 0. The summed E-state index contributed by atoms with van der Waals surface area (Å²) in [5, 5.41) is 6.87. The van der Waals surface area contributed by atoms with E-state index in [1.807, 2.05) is 6.20 Å². The number of nitrogens with one attached hydrogen (secondary N) is 1. The summed E-state index contributed by atoms with van der Waals surface area (Å²) in [5.74, 6) is 0. The van der Waals surface area contributed by atoms with Crippen molar-refractivity contribution >= 4 is 11.3 Å². The molecule has 0 aliphatic rings. The second-order valence-electron chi connectivity index (χ2n) is 5.25. The number of thiazole rings is 1. The van der Waals surface area contributed by atoms with Crippen molar-refractivity contribution < 1.29 is 4.74 Å². The highest BCUT2D eigenvalue weighted by atomic mass is 32.1. The Morgan fingerprint density at radius 1 is 1.32 bits per heavy atom. The van der Waals surface area contributed by atoms with Gasteiger partial charge in [-0.05, 0) is 13.3 Å². The third-order valence-electron chi connectivity index (χ3n) is 3.51. The van der Waals surface area contributed by atoms with E-state index in [2.05, 4.69) is 29.5 Å². The summed E-state index contributed by atoms with van der Waals surface area (Å²) in [5.41, 5.74) is -0.00108. The molecule has 0 fully saturated rings. The van der Waals surface area contributed by atoms with E-state index in [4.69, 9.17) is 4.74 Å². The summed E-state index contributed by atoms with van der Waals surface area (Å²) < 4.78 is 5.13. The first-order chi connectivity index (χ1) is 9.23. The molecule has 1 aromatic heterocycles. The van der Waals surface area contributed by atoms with Gasteiger partial charge in [0.05, 0.1) is 12.1 Å². The molecule has 0 aliphatic heterocycles. The third kappa shape index (κ3) is 6.02. The van der Waals surface area contributed by atoms with Crippen LogP contribution in [0.5, 0.6) is 0 Å². The van der Waals surface area contributed by atoms with Crippen molar-refractivity contribution in [2.24, 2.45) is 0 Å². The molecular formula is C15H28N2OS. The Bertz CT molecular complexity index is 316. The Balaban J connectivity index is 2.45. The van der Waals surface area contributed by atoms with E-state index in [0.29, 0.717) is 0 Å². The van der Waals surface area contributed by atoms with Crippen LogP contribution >= 0.6 is 11.3 Å². The molecule has 4 heteroatoms. The Hall–Kier alpha value is -0.450. The maximum absolute atomic E-state index is 5.13. The van der Waals surface area contributed by atoms with Crippen LogP contribution in [-0.2, 0) is 10.3 Å². The molecule has 110 valence electrons. The molecule has 0 radical (unpaired) electrons. The fourth-order valence-electron chi connectivity index (χ4n) is 2.28. The molecule has 1 unspecified atom stereocenters. The zero-order valence-electron chi connectivity index (χ0n) is 12.6. The van der Waals surface area contributed by atoms with Gasteiger partial charge in [0, 0.05) is 25.2 Å². The van der Waals surface area contributed by atoms with Gasteiger partial charge in [0.15, 0.2) is 0 Å². The van der Waals surface area contributed by atoms with E-state index < -0.39 is 0 Å². The lowest BCUT2D eigenvalue weighted by Crippen LogP contribution is -2.41. The van der Waals surface area contributed by atoms with Gasteiger partial charge in [0.1, 0.15) is 5.01 Å². The lowest BCUT2D eigenvalue weighted by molar-refractivity contribution is 0.183. The van der Waals surface area contributed by atoms with Crippen LogP contribution in [0.25, 0.3) is 0 Å². The lowest BCUT2D eigenvalue weighted by Gasteiger charge is -2.29. The first-order valence-corrected chi connectivity index (χ1v) is 8.25. The first-order valence-electron chi connectivity index (χ1n) is 7.37. The van der Waals surface area contributed by atoms with E-state index in [9.17, 15) is 0 Å². The summed E-state index contributed by atoms with van der Waals surface area (Å²) in [6.45, 7) is 6.14. The number of nitrogens with zero attached hydrogens (tertiary/aromatic N) is 1. The van der Waals surface area contributed by atoms with E-state index in [0.717, 1.165) is 19.6 Å². The molecule has 0 aliphatic carbocycles. The van der Waals surface area contributed by atoms with Gasteiger partial charge >= 0.3 is 0 Å². The predicted molar refractivity (Wildman–Crippen MR) is 82.7 cm³/mol. The molecule has 0 aromatic carbocycles. The van der Waals surface area contributed by atoms with Crippen LogP contribution in [0.15, 0.2) is 11.6 Å². The fourth-order valence-corrected chi connectivity index (χ4v) is 3.08. The summed E-state index contributed by atoms with van der Waals surface area (Å²) in [4.78, 5) is 4.50. The molecule has 1 rings (SSSR count). The molecule has 1 N–H and O–H groups in total. The number of aromatic nitrogens is 1. The summed E-state index contributed by atoms with van der Waals surface area (Å²) in [7, 11) is 1.74. The number of rotatable bonds is 11. The molecule has 0 bridgehead atoms. The van der Waals surface area contributed by atoms with Gasteiger partial charge in [-0.25, -0.2) is 4.98 Å². The SMILES string of the molecule is CCCCCCCC(C)(NCCOC)c1nccs1.